The number of thioether (sulfide) groups is 1. The number of pyridine rings is 1. The van der Waals surface area contributed by atoms with Gasteiger partial charge in [0.1, 0.15) is 11.6 Å². The third kappa shape index (κ3) is 2.12. The van der Waals surface area contributed by atoms with Crippen LogP contribution in [0.2, 0.25) is 0 Å². The van der Waals surface area contributed by atoms with Crippen LogP contribution in [0.3, 0.4) is 0 Å². The molecule has 0 radical (unpaired) electrons. The van der Waals surface area contributed by atoms with Crippen LogP contribution in [-0.4, -0.2) is 16.8 Å². The Balaban J connectivity index is 2.65. The van der Waals surface area contributed by atoms with Gasteiger partial charge < -0.3 is 4.74 Å². The fourth-order valence-electron chi connectivity index (χ4n) is 2.17. The number of fused-ring (bicyclic) bond motifs is 1. The highest BCUT2D eigenvalue weighted by atomic mass is 32.2. The van der Waals surface area contributed by atoms with Gasteiger partial charge in [-0.1, -0.05) is 13.8 Å². The summed E-state index contributed by atoms with van der Waals surface area (Å²) in [6.07, 6.45) is 0.898. The zero-order valence-electron chi connectivity index (χ0n) is 10.6. The predicted molar refractivity (Wildman–Crippen MR) is 69.3 cm³/mol. The Bertz CT molecular complexity index is 503. The zero-order valence-corrected chi connectivity index (χ0v) is 11.4. The number of aromatic nitrogens is 1. The van der Waals surface area contributed by atoms with Gasteiger partial charge in [0, 0.05) is 16.2 Å². The summed E-state index contributed by atoms with van der Waals surface area (Å²) in [4.78, 5) is 4.37. The summed E-state index contributed by atoms with van der Waals surface area (Å²) in [7, 11) is 1.57. The van der Waals surface area contributed by atoms with Crippen LogP contribution < -0.4 is 4.74 Å². The predicted octanol–water partition coefficient (Wildman–Crippen LogP) is 2.84. The minimum atomic E-state index is 0.178. The summed E-state index contributed by atoms with van der Waals surface area (Å²) in [5.41, 5.74) is 3.94. The van der Waals surface area contributed by atoms with Crippen LogP contribution in [0, 0.1) is 18.3 Å². The molecule has 0 aromatic carbocycles. The van der Waals surface area contributed by atoms with Gasteiger partial charge in [-0.15, -0.1) is 0 Å². The van der Waals surface area contributed by atoms with E-state index in [9.17, 15) is 5.26 Å². The summed E-state index contributed by atoms with van der Waals surface area (Å²) >= 11 is 1.92. The van der Waals surface area contributed by atoms with Gasteiger partial charge in [-0.2, -0.15) is 17.0 Å². The Hall–Kier alpha value is -1.21. The minimum Gasteiger partial charge on any atom is -0.480 e. The van der Waals surface area contributed by atoms with Crippen LogP contribution in [0.4, 0.5) is 0 Å². The molecule has 90 valence electrons. The van der Waals surface area contributed by atoms with Crippen molar-refractivity contribution in [1.29, 1.82) is 5.26 Å². The first-order valence-electron chi connectivity index (χ1n) is 5.59. The molecular weight excluding hydrogens is 232 g/mol. The number of methoxy groups -OCH3 is 1. The topological polar surface area (TPSA) is 45.9 Å². The molecule has 0 aliphatic carbocycles. The molecule has 3 nitrogen and oxygen atoms in total. The van der Waals surface area contributed by atoms with E-state index in [0.29, 0.717) is 11.4 Å². The van der Waals surface area contributed by atoms with Gasteiger partial charge in [-0.05, 0) is 24.5 Å². The molecule has 4 heteroatoms. The lowest BCUT2D eigenvalue weighted by atomic mass is 9.93. The van der Waals surface area contributed by atoms with Crippen molar-refractivity contribution in [3.05, 3.63) is 22.4 Å². The Morgan fingerprint density at radius 3 is 2.71 bits per heavy atom. The lowest BCUT2D eigenvalue weighted by Crippen LogP contribution is -2.25. The Labute approximate surface area is 106 Å². The number of aryl methyl sites for hydroxylation is 1. The monoisotopic (exact) mass is 248 g/mol. The molecule has 17 heavy (non-hydrogen) atoms. The molecule has 1 aromatic rings. The highest BCUT2D eigenvalue weighted by molar-refractivity contribution is 7.99. The number of hydrogen-bond acceptors (Lipinski definition) is 4. The molecule has 1 aliphatic rings. The molecule has 0 fully saturated rings. The molecule has 0 N–H and O–H groups in total. The van der Waals surface area contributed by atoms with Gasteiger partial charge in [0.25, 0.3) is 0 Å². The van der Waals surface area contributed by atoms with E-state index in [1.807, 2.05) is 18.7 Å². The number of ether oxygens (including phenoxy) is 1. The Morgan fingerprint density at radius 1 is 1.41 bits per heavy atom. The maximum Gasteiger partial charge on any atom is 0.231 e. The lowest BCUT2D eigenvalue weighted by molar-refractivity contribution is 0.394. The van der Waals surface area contributed by atoms with E-state index >= 15 is 0 Å². The van der Waals surface area contributed by atoms with E-state index in [4.69, 9.17) is 4.74 Å². The normalized spacial score (nSPS) is 17.1. The van der Waals surface area contributed by atoms with Crippen LogP contribution in [0.5, 0.6) is 5.88 Å². The molecule has 0 saturated heterocycles. The number of nitrogens with zero attached hydrogens (tertiary/aromatic N) is 2. The largest absolute Gasteiger partial charge is 0.480 e. The summed E-state index contributed by atoms with van der Waals surface area (Å²) in [6, 6.07) is 2.24. The summed E-state index contributed by atoms with van der Waals surface area (Å²) < 4.78 is 5.39. The third-order valence-corrected chi connectivity index (χ3v) is 4.46. The van der Waals surface area contributed by atoms with Crippen molar-refractivity contribution in [2.24, 2.45) is 0 Å². The SMILES string of the molecule is COc1nc(C)c2c(c1C#N)CC(C)(C)SC2. The van der Waals surface area contributed by atoms with Crippen molar-refractivity contribution < 1.29 is 4.74 Å². The maximum atomic E-state index is 9.29. The van der Waals surface area contributed by atoms with E-state index in [1.54, 1.807) is 7.11 Å². The average Bonchev–Trinajstić information content (AvgIpc) is 2.27. The van der Waals surface area contributed by atoms with Gasteiger partial charge in [0.05, 0.1) is 7.11 Å². The van der Waals surface area contributed by atoms with Crippen molar-refractivity contribution in [3.63, 3.8) is 0 Å². The summed E-state index contributed by atoms with van der Waals surface area (Å²) in [5.74, 6) is 1.39. The molecule has 0 spiro atoms. The standard InChI is InChI=1S/C13H16N2OS/c1-8-11-7-17-13(2,3)5-9(11)10(6-14)12(15-8)16-4/h5,7H2,1-4H3. The van der Waals surface area contributed by atoms with Crippen molar-refractivity contribution in [2.45, 2.75) is 37.7 Å². The highest BCUT2D eigenvalue weighted by Gasteiger charge is 2.30. The molecule has 0 atom stereocenters. The Kier molecular flexibility index (Phi) is 3.05. The molecular formula is C13H16N2OS. The van der Waals surface area contributed by atoms with E-state index in [1.165, 1.54) is 5.56 Å². The van der Waals surface area contributed by atoms with E-state index in [0.717, 1.165) is 23.4 Å². The molecule has 0 saturated carbocycles. The van der Waals surface area contributed by atoms with Gasteiger partial charge in [-0.3, -0.25) is 0 Å². The molecule has 2 heterocycles. The van der Waals surface area contributed by atoms with Crippen molar-refractivity contribution in [3.8, 4) is 11.9 Å². The first-order chi connectivity index (χ1) is 7.98. The van der Waals surface area contributed by atoms with E-state index < -0.39 is 0 Å². The highest BCUT2D eigenvalue weighted by Crippen LogP contribution is 2.41. The average molecular weight is 248 g/mol. The maximum absolute atomic E-state index is 9.29. The zero-order chi connectivity index (χ0) is 12.6. The van der Waals surface area contributed by atoms with Crippen molar-refractivity contribution in [1.82, 2.24) is 4.98 Å². The first kappa shape index (κ1) is 12.3. The fraction of sp³-hybridized carbons (Fsp3) is 0.538. The fourth-order valence-corrected chi connectivity index (χ4v) is 3.33. The Morgan fingerprint density at radius 2 is 2.12 bits per heavy atom. The number of nitriles is 1. The molecule has 0 amide bonds. The van der Waals surface area contributed by atoms with Gasteiger partial charge in [-0.25, -0.2) is 4.98 Å². The third-order valence-electron chi connectivity index (χ3n) is 3.10. The lowest BCUT2D eigenvalue weighted by Gasteiger charge is -2.32. The second kappa shape index (κ2) is 4.23. The smallest absolute Gasteiger partial charge is 0.231 e. The van der Waals surface area contributed by atoms with E-state index in [-0.39, 0.29) is 4.75 Å². The first-order valence-corrected chi connectivity index (χ1v) is 6.57. The van der Waals surface area contributed by atoms with Crippen LogP contribution in [-0.2, 0) is 12.2 Å². The number of rotatable bonds is 1. The summed E-state index contributed by atoms with van der Waals surface area (Å²) in [6.45, 7) is 6.41. The van der Waals surface area contributed by atoms with Gasteiger partial charge in [0.15, 0.2) is 0 Å². The van der Waals surface area contributed by atoms with Crippen LogP contribution >= 0.6 is 11.8 Å². The second-order valence-corrected chi connectivity index (χ2v) is 6.56. The molecule has 1 aliphatic heterocycles. The molecule has 0 unspecified atom stereocenters. The van der Waals surface area contributed by atoms with Gasteiger partial charge >= 0.3 is 0 Å². The van der Waals surface area contributed by atoms with Crippen LogP contribution in [0.15, 0.2) is 0 Å². The number of hydrogen-bond donors (Lipinski definition) is 0. The van der Waals surface area contributed by atoms with Crippen LogP contribution in [0.25, 0.3) is 0 Å². The van der Waals surface area contributed by atoms with Crippen LogP contribution in [0.1, 0.15) is 36.2 Å². The van der Waals surface area contributed by atoms with Crippen molar-refractivity contribution >= 4 is 11.8 Å². The minimum absolute atomic E-state index is 0.178. The molecule has 0 bridgehead atoms. The molecule has 1 aromatic heterocycles. The van der Waals surface area contributed by atoms with E-state index in [2.05, 4.69) is 24.9 Å². The summed E-state index contributed by atoms with van der Waals surface area (Å²) in [5, 5.41) is 9.29. The second-order valence-electron chi connectivity index (χ2n) is 4.88. The van der Waals surface area contributed by atoms with Crippen molar-refractivity contribution in [2.75, 3.05) is 7.11 Å². The van der Waals surface area contributed by atoms with Gasteiger partial charge in [0.2, 0.25) is 5.88 Å². The molecule has 2 rings (SSSR count). The quantitative estimate of drug-likeness (QED) is 0.766.